The van der Waals surface area contributed by atoms with Crippen LogP contribution in [0.4, 0.5) is 0 Å². The van der Waals surface area contributed by atoms with Gasteiger partial charge in [-0.3, -0.25) is 0 Å². The van der Waals surface area contributed by atoms with E-state index >= 15 is 0 Å². The van der Waals surface area contributed by atoms with Crippen LogP contribution in [0.3, 0.4) is 0 Å². The molecule has 0 aromatic heterocycles. The van der Waals surface area contributed by atoms with E-state index in [2.05, 4.69) is 38.2 Å². The summed E-state index contributed by atoms with van der Waals surface area (Å²) in [6.45, 7) is 5.60. The summed E-state index contributed by atoms with van der Waals surface area (Å²) in [4.78, 5) is 2.39. The van der Waals surface area contributed by atoms with E-state index in [1.165, 1.54) is 25.7 Å². The molecule has 1 fully saturated rings. The second-order valence-electron chi connectivity index (χ2n) is 5.14. The van der Waals surface area contributed by atoms with Gasteiger partial charge in [0.25, 0.3) is 0 Å². The quantitative estimate of drug-likeness (QED) is 0.728. The summed E-state index contributed by atoms with van der Waals surface area (Å²) in [6.07, 6.45) is 5.75. The fraction of sp³-hybridized carbons (Fsp3) is 1.00. The van der Waals surface area contributed by atoms with E-state index in [1.807, 2.05) is 0 Å². The van der Waals surface area contributed by atoms with Crippen LogP contribution in [-0.2, 0) is 0 Å². The number of nitrogens with zero attached hydrogens (tertiary/aromatic N) is 1. The molecular weight excluding hydrogens is 172 g/mol. The average Bonchev–Trinajstić information content (AvgIpc) is 2.56. The van der Waals surface area contributed by atoms with Gasteiger partial charge in [-0.25, -0.2) is 0 Å². The lowest BCUT2D eigenvalue weighted by Crippen LogP contribution is -2.44. The maximum Gasteiger partial charge on any atom is 0.0242 e. The van der Waals surface area contributed by atoms with E-state index in [4.69, 9.17) is 0 Å². The van der Waals surface area contributed by atoms with Crippen LogP contribution < -0.4 is 5.32 Å². The number of rotatable bonds is 5. The fourth-order valence-corrected chi connectivity index (χ4v) is 2.47. The highest BCUT2D eigenvalue weighted by molar-refractivity contribution is 4.82. The standard InChI is InChI=1S/C12H26N2/c1-10(2)13-9-12(14(3)4)11-7-5-6-8-11/h10-13H,5-9H2,1-4H3. The van der Waals surface area contributed by atoms with Gasteiger partial charge in [-0.1, -0.05) is 26.7 Å². The molecule has 1 unspecified atom stereocenters. The topological polar surface area (TPSA) is 15.3 Å². The molecule has 1 aliphatic rings. The van der Waals surface area contributed by atoms with Gasteiger partial charge in [0, 0.05) is 18.6 Å². The van der Waals surface area contributed by atoms with Gasteiger partial charge in [-0.2, -0.15) is 0 Å². The third-order valence-electron chi connectivity index (χ3n) is 3.34. The van der Waals surface area contributed by atoms with Crippen LogP contribution in [0.25, 0.3) is 0 Å². The Labute approximate surface area is 89.1 Å². The largest absolute Gasteiger partial charge is 0.313 e. The summed E-state index contributed by atoms with van der Waals surface area (Å²) in [7, 11) is 4.43. The Morgan fingerprint density at radius 2 is 1.79 bits per heavy atom. The van der Waals surface area contributed by atoms with Gasteiger partial charge in [-0.15, -0.1) is 0 Å². The molecule has 0 aromatic rings. The smallest absolute Gasteiger partial charge is 0.0242 e. The van der Waals surface area contributed by atoms with Crippen molar-refractivity contribution < 1.29 is 0 Å². The molecule has 1 aliphatic carbocycles. The lowest BCUT2D eigenvalue weighted by molar-refractivity contribution is 0.202. The highest BCUT2D eigenvalue weighted by Crippen LogP contribution is 2.29. The first-order valence-corrected chi connectivity index (χ1v) is 6.01. The number of likely N-dealkylation sites (N-methyl/N-ethyl adjacent to an activating group) is 1. The second kappa shape index (κ2) is 5.72. The van der Waals surface area contributed by atoms with Gasteiger partial charge in [0.2, 0.25) is 0 Å². The zero-order valence-corrected chi connectivity index (χ0v) is 10.2. The van der Waals surface area contributed by atoms with Gasteiger partial charge in [0.1, 0.15) is 0 Å². The van der Waals surface area contributed by atoms with Crippen molar-refractivity contribution in [2.45, 2.75) is 51.6 Å². The van der Waals surface area contributed by atoms with Gasteiger partial charge >= 0.3 is 0 Å². The molecule has 0 aliphatic heterocycles. The summed E-state index contributed by atoms with van der Waals surface area (Å²) in [5.41, 5.74) is 0. The van der Waals surface area contributed by atoms with Crippen molar-refractivity contribution in [2.75, 3.05) is 20.6 Å². The fourth-order valence-electron chi connectivity index (χ4n) is 2.47. The van der Waals surface area contributed by atoms with Crippen LogP contribution >= 0.6 is 0 Å². The second-order valence-corrected chi connectivity index (χ2v) is 5.14. The van der Waals surface area contributed by atoms with Crippen molar-refractivity contribution in [3.63, 3.8) is 0 Å². The molecule has 14 heavy (non-hydrogen) atoms. The Kier molecular flexibility index (Phi) is 4.90. The van der Waals surface area contributed by atoms with E-state index in [1.54, 1.807) is 0 Å². The van der Waals surface area contributed by atoms with Crippen molar-refractivity contribution in [1.29, 1.82) is 0 Å². The predicted molar refractivity (Wildman–Crippen MR) is 62.6 cm³/mol. The number of hydrogen-bond donors (Lipinski definition) is 1. The summed E-state index contributed by atoms with van der Waals surface area (Å²) >= 11 is 0. The van der Waals surface area contributed by atoms with Crippen LogP contribution in [0.15, 0.2) is 0 Å². The molecule has 2 heteroatoms. The molecule has 0 heterocycles. The Morgan fingerprint density at radius 1 is 1.21 bits per heavy atom. The molecule has 0 amide bonds. The molecule has 0 spiro atoms. The highest BCUT2D eigenvalue weighted by Gasteiger charge is 2.26. The molecule has 0 radical (unpaired) electrons. The minimum atomic E-state index is 0.610. The zero-order chi connectivity index (χ0) is 10.6. The monoisotopic (exact) mass is 198 g/mol. The first kappa shape index (κ1) is 12.0. The van der Waals surface area contributed by atoms with E-state index < -0.39 is 0 Å². The molecule has 1 saturated carbocycles. The van der Waals surface area contributed by atoms with E-state index in [9.17, 15) is 0 Å². The van der Waals surface area contributed by atoms with Crippen molar-refractivity contribution in [3.05, 3.63) is 0 Å². The van der Waals surface area contributed by atoms with Crippen LogP contribution in [0.5, 0.6) is 0 Å². The minimum absolute atomic E-state index is 0.610. The molecule has 2 nitrogen and oxygen atoms in total. The number of hydrogen-bond acceptors (Lipinski definition) is 2. The Hall–Kier alpha value is -0.0800. The van der Waals surface area contributed by atoms with E-state index in [0.717, 1.165) is 18.5 Å². The zero-order valence-electron chi connectivity index (χ0n) is 10.2. The molecule has 84 valence electrons. The summed E-state index contributed by atoms with van der Waals surface area (Å²) in [5.74, 6) is 0.927. The van der Waals surface area contributed by atoms with Gasteiger partial charge < -0.3 is 10.2 Å². The highest BCUT2D eigenvalue weighted by atomic mass is 15.1. The minimum Gasteiger partial charge on any atom is -0.313 e. The van der Waals surface area contributed by atoms with Gasteiger partial charge in [0.05, 0.1) is 0 Å². The maximum absolute atomic E-state index is 3.56. The summed E-state index contributed by atoms with van der Waals surface area (Å²) in [5, 5.41) is 3.56. The lowest BCUT2D eigenvalue weighted by atomic mass is 9.97. The first-order valence-electron chi connectivity index (χ1n) is 6.01. The van der Waals surface area contributed by atoms with E-state index in [-0.39, 0.29) is 0 Å². The molecule has 1 N–H and O–H groups in total. The molecular formula is C12H26N2. The van der Waals surface area contributed by atoms with Crippen molar-refractivity contribution in [2.24, 2.45) is 5.92 Å². The third-order valence-corrected chi connectivity index (χ3v) is 3.34. The Bertz CT molecular complexity index is 148. The lowest BCUT2D eigenvalue weighted by Gasteiger charge is -2.30. The number of nitrogens with one attached hydrogen (secondary N) is 1. The molecule has 0 aromatic carbocycles. The molecule has 0 bridgehead atoms. The predicted octanol–water partition coefficient (Wildman–Crippen LogP) is 2.10. The SMILES string of the molecule is CC(C)NCC(C1CCCC1)N(C)C. The van der Waals surface area contributed by atoms with Crippen LogP contribution in [0.2, 0.25) is 0 Å². The Morgan fingerprint density at radius 3 is 2.21 bits per heavy atom. The average molecular weight is 198 g/mol. The molecule has 1 atom stereocenters. The third kappa shape index (κ3) is 3.58. The van der Waals surface area contributed by atoms with Gasteiger partial charge in [0.15, 0.2) is 0 Å². The van der Waals surface area contributed by atoms with Crippen molar-refractivity contribution in [1.82, 2.24) is 10.2 Å². The molecule has 1 rings (SSSR count). The molecule has 0 saturated heterocycles. The summed E-state index contributed by atoms with van der Waals surface area (Å²) in [6, 6.07) is 1.35. The maximum atomic E-state index is 3.56. The van der Waals surface area contributed by atoms with Gasteiger partial charge in [-0.05, 0) is 32.9 Å². The van der Waals surface area contributed by atoms with Crippen LogP contribution in [-0.4, -0.2) is 37.6 Å². The van der Waals surface area contributed by atoms with Crippen molar-refractivity contribution >= 4 is 0 Å². The van der Waals surface area contributed by atoms with Crippen LogP contribution in [0.1, 0.15) is 39.5 Å². The van der Waals surface area contributed by atoms with E-state index in [0.29, 0.717) is 6.04 Å². The normalized spacial score (nSPS) is 21.0. The first-order chi connectivity index (χ1) is 6.61. The van der Waals surface area contributed by atoms with Crippen LogP contribution in [0, 0.1) is 5.92 Å². The Balaban J connectivity index is 2.37. The summed E-state index contributed by atoms with van der Waals surface area (Å²) < 4.78 is 0. The van der Waals surface area contributed by atoms with Crippen molar-refractivity contribution in [3.8, 4) is 0 Å².